The molecule has 0 aliphatic rings. The number of hydrogen-bond acceptors (Lipinski definition) is 7. The van der Waals surface area contributed by atoms with Crippen LogP contribution in [0.2, 0.25) is 0 Å². The van der Waals surface area contributed by atoms with Gasteiger partial charge in [-0.2, -0.15) is 0 Å². The highest BCUT2D eigenvalue weighted by Gasteiger charge is 2.14. The topological polar surface area (TPSA) is 112 Å². The van der Waals surface area contributed by atoms with Gasteiger partial charge in [-0.1, -0.05) is 27.7 Å². The third kappa shape index (κ3) is 16.9. The fourth-order valence-electron chi connectivity index (χ4n) is 2.08. The maximum absolute atomic E-state index is 5.71. The molecule has 0 radical (unpaired) electrons. The van der Waals surface area contributed by atoms with E-state index in [9.17, 15) is 0 Å². The van der Waals surface area contributed by atoms with Gasteiger partial charge in [0, 0.05) is 65.4 Å². The van der Waals surface area contributed by atoms with E-state index in [0.29, 0.717) is 13.1 Å². The minimum absolute atomic E-state index is 0.185. The van der Waals surface area contributed by atoms with E-state index in [2.05, 4.69) is 54.3 Å². The van der Waals surface area contributed by atoms with Gasteiger partial charge in [0.05, 0.1) is 0 Å². The van der Waals surface area contributed by atoms with Gasteiger partial charge in [-0.05, 0) is 23.9 Å². The summed E-state index contributed by atoms with van der Waals surface area (Å²) in [6.45, 7) is 20.0. The first-order chi connectivity index (χ1) is 11.8. The Bertz CT molecular complexity index is 267. The first-order valence-electron chi connectivity index (χ1n) is 9.77. The van der Waals surface area contributed by atoms with Gasteiger partial charge in [0.1, 0.15) is 0 Å². The number of hydrogen-bond donors (Lipinski definition) is 7. The molecule has 0 aromatic carbocycles. The highest BCUT2D eigenvalue weighted by molar-refractivity contribution is 4.73. The molecule has 9 N–H and O–H groups in total. The largest absolute Gasteiger partial charge is 0.330 e. The van der Waals surface area contributed by atoms with Crippen molar-refractivity contribution in [2.45, 2.75) is 27.7 Å². The van der Waals surface area contributed by atoms with Gasteiger partial charge in [0.15, 0.2) is 0 Å². The van der Waals surface area contributed by atoms with Crippen LogP contribution in [0.1, 0.15) is 27.7 Å². The number of nitrogens with two attached hydrogens (primary N) is 2. The molecule has 0 saturated carbocycles. The second kappa shape index (κ2) is 14.8. The van der Waals surface area contributed by atoms with E-state index >= 15 is 0 Å². The van der Waals surface area contributed by atoms with Gasteiger partial charge in [0.25, 0.3) is 0 Å². The number of nitrogens with one attached hydrogen (secondary N) is 5. The van der Waals surface area contributed by atoms with E-state index in [0.717, 1.165) is 65.4 Å². The standard InChI is InChI=1S/C18H45N7/c1-17(2,13-19)15-24-11-9-22-7-5-21-6-8-23-10-12-25-16-18(3,4)14-20/h21-25H,5-16,19-20H2,1-4H3. The van der Waals surface area contributed by atoms with Gasteiger partial charge >= 0.3 is 0 Å². The molecular formula is C18H45N7. The second-order valence-electron chi connectivity index (χ2n) is 8.34. The molecule has 0 rings (SSSR count). The Hall–Kier alpha value is -0.280. The lowest BCUT2D eigenvalue weighted by Crippen LogP contribution is -2.40. The van der Waals surface area contributed by atoms with Crippen LogP contribution in [0.4, 0.5) is 0 Å². The van der Waals surface area contributed by atoms with Crippen molar-refractivity contribution in [3.05, 3.63) is 0 Å². The lowest BCUT2D eigenvalue weighted by molar-refractivity contribution is 0.351. The average Bonchev–Trinajstić information content (AvgIpc) is 2.58. The molecule has 0 heterocycles. The molecule has 152 valence electrons. The number of rotatable bonds is 18. The third-order valence-corrected chi connectivity index (χ3v) is 4.23. The SMILES string of the molecule is CC(C)(CN)CNCCNCCNCCNCCNCC(C)(C)CN. The fraction of sp³-hybridized carbons (Fsp3) is 1.00. The molecule has 0 atom stereocenters. The lowest BCUT2D eigenvalue weighted by atomic mass is 9.94. The van der Waals surface area contributed by atoms with Crippen LogP contribution in [-0.2, 0) is 0 Å². The summed E-state index contributed by atoms with van der Waals surface area (Å²) < 4.78 is 0. The van der Waals surface area contributed by atoms with Gasteiger partial charge in [-0.15, -0.1) is 0 Å². The second-order valence-corrected chi connectivity index (χ2v) is 8.34. The van der Waals surface area contributed by atoms with Crippen LogP contribution in [-0.4, -0.2) is 78.5 Å². The zero-order chi connectivity index (χ0) is 19.0. The summed E-state index contributed by atoms with van der Waals surface area (Å²) in [5.74, 6) is 0. The van der Waals surface area contributed by atoms with Crippen molar-refractivity contribution in [3.8, 4) is 0 Å². The van der Waals surface area contributed by atoms with Crippen molar-refractivity contribution in [1.82, 2.24) is 26.6 Å². The van der Waals surface area contributed by atoms with Crippen molar-refractivity contribution in [2.75, 3.05) is 78.5 Å². The van der Waals surface area contributed by atoms with Crippen LogP contribution < -0.4 is 38.1 Å². The molecule has 0 aromatic rings. The van der Waals surface area contributed by atoms with Crippen molar-refractivity contribution in [1.29, 1.82) is 0 Å². The van der Waals surface area contributed by atoms with Gasteiger partial charge in [0.2, 0.25) is 0 Å². The first-order valence-corrected chi connectivity index (χ1v) is 9.77. The molecule has 0 bridgehead atoms. The predicted molar refractivity (Wildman–Crippen MR) is 110 cm³/mol. The van der Waals surface area contributed by atoms with Crippen molar-refractivity contribution < 1.29 is 0 Å². The Kier molecular flexibility index (Phi) is 14.7. The molecule has 0 spiro atoms. The smallest absolute Gasteiger partial charge is 0.00772 e. The minimum Gasteiger partial charge on any atom is -0.330 e. The molecule has 25 heavy (non-hydrogen) atoms. The zero-order valence-corrected chi connectivity index (χ0v) is 17.1. The normalized spacial score (nSPS) is 12.7. The van der Waals surface area contributed by atoms with Crippen LogP contribution in [0.15, 0.2) is 0 Å². The summed E-state index contributed by atoms with van der Waals surface area (Å²) in [5.41, 5.74) is 11.8. The van der Waals surface area contributed by atoms with Crippen molar-refractivity contribution in [2.24, 2.45) is 22.3 Å². The van der Waals surface area contributed by atoms with E-state index in [-0.39, 0.29) is 10.8 Å². The van der Waals surface area contributed by atoms with E-state index < -0.39 is 0 Å². The summed E-state index contributed by atoms with van der Waals surface area (Å²) >= 11 is 0. The molecular weight excluding hydrogens is 314 g/mol. The monoisotopic (exact) mass is 359 g/mol. The zero-order valence-electron chi connectivity index (χ0n) is 17.1. The lowest BCUT2D eigenvalue weighted by Gasteiger charge is -2.22. The van der Waals surface area contributed by atoms with Crippen LogP contribution in [0.3, 0.4) is 0 Å². The third-order valence-electron chi connectivity index (χ3n) is 4.23. The molecule has 0 saturated heterocycles. The minimum atomic E-state index is 0.185. The van der Waals surface area contributed by atoms with Crippen LogP contribution in [0.25, 0.3) is 0 Å². The molecule has 0 fully saturated rings. The quantitative estimate of drug-likeness (QED) is 0.156. The van der Waals surface area contributed by atoms with Crippen LogP contribution >= 0.6 is 0 Å². The first kappa shape index (κ1) is 24.7. The molecule has 0 aromatic heterocycles. The summed E-state index contributed by atoms with van der Waals surface area (Å²) in [6.07, 6.45) is 0. The van der Waals surface area contributed by atoms with E-state index in [4.69, 9.17) is 11.5 Å². The summed E-state index contributed by atoms with van der Waals surface area (Å²) in [4.78, 5) is 0. The summed E-state index contributed by atoms with van der Waals surface area (Å²) in [5, 5.41) is 17.2. The van der Waals surface area contributed by atoms with E-state index in [1.165, 1.54) is 0 Å². The maximum atomic E-state index is 5.71. The van der Waals surface area contributed by atoms with Gasteiger partial charge in [-0.3, -0.25) is 0 Å². The van der Waals surface area contributed by atoms with E-state index in [1.54, 1.807) is 0 Å². The fourth-order valence-corrected chi connectivity index (χ4v) is 2.08. The summed E-state index contributed by atoms with van der Waals surface area (Å²) in [6, 6.07) is 0. The molecule has 0 amide bonds. The molecule has 0 unspecified atom stereocenters. The highest BCUT2D eigenvalue weighted by Crippen LogP contribution is 2.09. The maximum Gasteiger partial charge on any atom is 0.00772 e. The van der Waals surface area contributed by atoms with Crippen LogP contribution in [0, 0.1) is 10.8 Å². The Morgan fingerprint density at radius 3 is 0.960 bits per heavy atom. The van der Waals surface area contributed by atoms with Gasteiger partial charge in [-0.25, -0.2) is 0 Å². The van der Waals surface area contributed by atoms with Crippen molar-refractivity contribution in [3.63, 3.8) is 0 Å². The molecule has 0 aliphatic heterocycles. The predicted octanol–water partition coefficient (Wildman–Crippen LogP) is -1.10. The van der Waals surface area contributed by atoms with Crippen molar-refractivity contribution >= 4 is 0 Å². The molecule has 0 aliphatic carbocycles. The van der Waals surface area contributed by atoms with E-state index in [1.807, 2.05) is 0 Å². The molecule has 7 nitrogen and oxygen atoms in total. The molecule has 7 heteroatoms. The highest BCUT2D eigenvalue weighted by atomic mass is 15.0. The average molecular weight is 360 g/mol. The van der Waals surface area contributed by atoms with Gasteiger partial charge < -0.3 is 38.1 Å². The Morgan fingerprint density at radius 2 is 0.720 bits per heavy atom. The Labute approximate surface area is 155 Å². The Morgan fingerprint density at radius 1 is 0.480 bits per heavy atom. The Balaban J connectivity index is 3.17. The van der Waals surface area contributed by atoms with Crippen LogP contribution in [0.5, 0.6) is 0 Å². The summed E-state index contributed by atoms with van der Waals surface area (Å²) in [7, 11) is 0.